The van der Waals surface area contributed by atoms with Crippen molar-refractivity contribution < 1.29 is 14.1 Å². The molecule has 0 heterocycles. The lowest BCUT2D eigenvalue weighted by molar-refractivity contribution is -0.0886. The Balaban J connectivity index is 1.69. The van der Waals surface area contributed by atoms with Crippen LogP contribution in [-0.4, -0.2) is 39.6 Å². The fourth-order valence-electron chi connectivity index (χ4n) is 8.33. The second kappa shape index (κ2) is 8.26. The van der Waals surface area contributed by atoms with E-state index in [0.717, 1.165) is 36.1 Å². The molecule has 6 heteroatoms. The summed E-state index contributed by atoms with van der Waals surface area (Å²) in [5.74, 6) is 2.21. The molecule has 0 radical (unpaired) electrons. The van der Waals surface area contributed by atoms with Gasteiger partial charge in [-0.15, -0.1) is 0 Å². The van der Waals surface area contributed by atoms with Gasteiger partial charge in [0.25, 0.3) is 0 Å². The normalized spacial score (nSPS) is 43.2. The summed E-state index contributed by atoms with van der Waals surface area (Å²) in [5.41, 5.74) is 3.92. The molecule has 4 rings (SSSR count). The third-order valence-electron chi connectivity index (χ3n) is 9.60. The van der Waals surface area contributed by atoms with Crippen LogP contribution in [0, 0.1) is 28.6 Å². The minimum Gasteiger partial charge on any atom is -0.406 e. The average Bonchev–Trinajstić information content (AvgIpc) is 3.00. The molecule has 0 spiro atoms. The lowest BCUT2D eigenvalue weighted by Gasteiger charge is -2.60. The molecule has 5 nitrogen and oxygen atoms in total. The molecule has 0 aliphatic heterocycles. The summed E-state index contributed by atoms with van der Waals surface area (Å²) < 4.78 is 7.11. The van der Waals surface area contributed by atoms with Gasteiger partial charge in [0, 0.05) is 5.41 Å². The predicted octanol–water partition coefficient (Wildman–Crippen LogP) is 6.56. The van der Waals surface area contributed by atoms with Crippen LogP contribution in [0.5, 0.6) is 0 Å². The number of fused-ring (bicyclic) bond motifs is 5. The smallest absolute Gasteiger partial charge is 0.185 e. The van der Waals surface area contributed by atoms with E-state index < -0.39 is 8.32 Å². The van der Waals surface area contributed by atoms with E-state index in [1.807, 2.05) is 0 Å². The highest BCUT2D eigenvalue weighted by atomic mass is 28.4. The van der Waals surface area contributed by atoms with E-state index in [1.54, 1.807) is 19.8 Å². The zero-order valence-corrected chi connectivity index (χ0v) is 22.6. The number of nitrogens with zero attached hydrogens (tertiary/aromatic N) is 2. The molecule has 0 bridgehead atoms. The second-order valence-electron chi connectivity index (χ2n) is 12.2. The first-order chi connectivity index (χ1) is 15.0. The zero-order chi connectivity index (χ0) is 23.4. The van der Waals surface area contributed by atoms with Gasteiger partial charge in [-0.25, -0.2) is 0 Å². The average molecular weight is 461 g/mol. The van der Waals surface area contributed by atoms with E-state index in [0.29, 0.717) is 11.3 Å². The monoisotopic (exact) mass is 460 g/mol. The van der Waals surface area contributed by atoms with E-state index in [9.17, 15) is 0 Å². The molecule has 6 unspecified atom stereocenters. The van der Waals surface area contributed by atoms with Crippen molar-refractivity contribution >= 4 is 19.7 Å². The van der Waals surface area contributed by atoms with Crippen molar-refractivity contribution in [1.29, 1.82) is 0 Å². The number of hydrogen-bond donors (Lipinski definition) is 0. The Morgan fingerprint density at radius 2 is 1.69 bits per heavy atom. The SMILES string of the molecule is CON=C1C=C2CCC3C(CCC4(C)C3CCC4(O[Si](C)(C)C)C(C)=NOC)C2(C)CC1. The highest BCUT2D eigenvalue weighted by Gasteiger charge is 2.66. The molecular formula is C26H44N2O3Si. The van der Waals surface area contributed by atoms with Crippen LogP contribution in [0.25, 0.3) is 0 Å². The molecule has 180 valence electrons. The van der Waals surface area contributed by atoms with Crippen LogP contribution in [0.3, 0.4) is 0 Å². The van der Waals surface area contributed by atoms with Crippen LogP contribution in [0.2, 0.25) is 19.6 Å². The van der Waals surface area contributed by atoms with Crippen molar-refractivity contribution in [3.63, 3.8) is 0 Å². The Kier molecular flexibility index (Phi) is 6.20. The van der Waals surface area contributed by atoms with Crippen LogP contribution in [-0.2, 0) is 14.1 Å². The van der Waals surface area contributed by atoms with E-state index in [1.165, 1.54) is 38.5 Å². The van der Waals surface area contributed by atoms with Crippen LogP contribution >= 0.6 is 0 Å². The first-order valence-corrected chi connectivity index (χ1v) is 16.0. The second-order valence-corrected chi connectivity index (χ2v) is 16.6. The Bertz CT molecular complexity index is 831. The quantitative estimate of drug-likeness (QED) is 0.265. The minimum absolute atomic E-state index is 0.121. The zero-order valence-electron chi connectivity index (χ0n) is 21.6. The molecule has 0 amide bonds. The summed E-state index contributed by atoms with van der Waals surface area (Å²) in [6.07, 6.45) is 11.9. The first kappa shape index (κ1) is 24.0. The van der Waals surface area contributed by atoms with Gasteiger partial charge in [-0.3, -0.25) is 0 Å². The van der Waals surface area contributed by atoms with Crippen molar-refractivity contribution in [2.45, 2.75) is 97.4 Å². The molecule has 4 aliphatic rings. The van der Waals surface area contributed by atoms with Gasteiger partial charge in [-0.2, -0.15) is 0 Å². The number of hydrogen-bond acceptors (Lipinski definition) is 5. The molecule has 0 aromatic rings. The predicted molar refractivity (Wildman–Crippen MR) is 133 cm³/mol. The maximum atomic E-state index is 7.11. The van der Waals surface area contributed by atoms with E-state index in [4.69, 9.17) is 14.1 Å². The molecule has 0 N–H and O–H groups in total. The lowest BCUT2D eigenvalue weighted by atomic mass is 9.46. The standard InChI is InChI=1S/C26H44N2O3Si/c1-18(27-29-4)26(31-32(6,7)8)16-13-23-21-10-9-19-17-20(28-30-5)11-14-24(19,2)22(21)12-15-25(23,26)3/h17,21-23H,9-16H2,1-8H3. The molecule has 6 atom stereocenters. The van der Waals surface area contributed by atoms with E-state index in [2.05, 4.69) is 56.8 Å². The molecule has 32 heavy (non-hydrogen) atoms. The van der Waals surface area contributed by atoms with Gasteiger partial charge in [0.05, 0.1) is 11.4 Å². The molecule has 0 saturated heterocycles. The van der Waals surface area contributed by atoms with E-state index in [-0.39, 0.29) is 11.0 Å². The number of oxime groups is 2. The Morgan fingerprint density at radius 3 is 2.34 bits per heavy atom. The fourth-order valence-corrected chi connectivity index (χ4v) is 9.86. The van der Waals surface area contributed by atoms with Crippen LogP contribution < -0.4 is 0 Å². The summed E-state index contributed by atoms with van der Waals surface area (Å²) in [6.45, 7) is 14.2. The van der Waals surface area contributed by atoms with Gasteiger partial charge in [-0.1, -0.05) is 29.7 Å². The van der Waals surface area contributed by atoms with Gasteiger partial charge in [0.15, 0.2) is 8.32 Å². The van der Waals surface area contributed by atoms with Crippen molar-refractivity contribution in [2.24, 2.45) is 38.9 Å². The molecule has 4 aliphatic carbocycles. The first-order valence-electron chi connectivity index (χ1n) is 12.6. The van der Waals surface area contributed by atoms with Crippen molar-refractivity contribution in [2.75, 3.05) is 14.2 Å². The van der Waals surface area contributed by atoms with Crippen molar-refractivity contribution in [3.8, 4) is 0 Å². The third-order valence-corrected chi connectivity index (χ3v) is 10.6. The highest BCUT2D eigenvalue weighted by Crippen LogP contribution is 2.68. The summed E-state index contributed by atoms with van der Waals surface area (Å²) in [7, 11) is 1.54. The number of rotatable bonds is 5. The molecule has 3 fully saturated rings. The topological polar surface area (TPSA) is 52.4 Å². The summed E-state index contributed by atoms with van der Waals surface area (Å²) >= 11 is 0. The summed E-state index contributed by atoms with van der Waals surface area (Å²) in [4.78, 5) is 10.4. The Morgan fingerprint density at radius 1 is 0.969 bits per heavy atom. The van der Waals surface area contributed by atoms with Crippen molar-refractivity contribution in [1.82, 2.24) is 0 Å². The molecule has 0 aromatic carbocycles. The number of allylic oxidation sites excluding steroid dienone is 2. The largest absolute Gasteiger partial charge is 0.406 e. The molecule has 3 saturated carbocycles. The van der Waals surface area contributed by atoms with Crippen molar-refractivity contribution in [3.05, 3.63) is 11.6 Å². The van der Waals surface area contributed by atoms with Crippen LogP contribution in [0.15, 0.2) is 22.0 Å². The van der Waals surface area contributed by atoms with Gasteiger partial charge in [0.1, 0.15) is 19.8 Å². The van der Waals surface area contributed by atoms with Gasteiger partial charge in [0.2, 0.25) is 0 Å². The third kappa shape index (κ3) is 3.60. The Hall–Kier alpha value is -1.14. The fraction of sp³-hybridized carbons (Fsp3) is 0.846. The summed E-state index contributed by atoms with van der Waals surface area (Å²) in [5, 5.41) is 8.75. The van der Waals surface area contributed by atoms with Crippen LogP contribution in [0.1, 0.15) is 72.1 Å². The lowest BCUT2D eigenvalue weighted by Crippen LogP contribution is -2.60. The molecule has 0 aromatic heterocycles. The molecular weight excluding hydrogens is 416 g/mol. The van der Waals surface area contributed by atoms with E-state index >= 15 is 0 Å². The van der Waals surface area contributed by atoms with Gasteiger partial charge in [-0.05, 0) is 107 Å². The highest BCUT2D eigenvalue weighted by molar-refractivity contribution is 6.70. The summed E-state index contributed by atoms with van der Waals surface area (Å²) in [6, 6.07) is 0. The van der Waals surface area contributed by atoms with Gasteiger partial charge < -0.3 is 14.1 Å². The maximum Gasteiger partial charge on any atom is 0.185 e. The maximum absolute atomic E-state index is 7.11. The van der Waals surface area contributed by atoms with Crippen LogP contribution in [0.4, 0.5) is 0 Å². The minimum atomic E-state index is -1.78. The van der Waals surface area contributed by atoms with Gasteiger partial charge >= 0.3 is 0 Å². The Labute approximate surface area is 196 Å².